The van der Waals surface area contributed by atoms with Crippen LogP contribution in [-0.4, -0.2) is 53.4 Å². The van der Waals surface area contributed by atoms with Gasteiger partial charge in [0.05, 0.1) is 6.20 Å². The third kappa shape index (κ3) is 4.22. The van der Waals surface area contributed by atoms with Gasteiger partial charge in [-0.1, -0.05) is 12.8 Å². The summed E-state index contributed by atoms with van der Waals surface area (Å²) >= 11 is 0. The predicted molar refractivity (Wildman–Crippen MR) is 95.0 cm³/mol. The number of aromatic nitrogens is 6. The second-order valence-electron chi connectivity index (χ2n) is 6.73. The second kappa shape index (κ2) is 7.22. The smallest absolute Gasteiger partial charge is 0.408 e. The Morgan fingerprint density at radius 1 is 1.31 bits per heavy atom. The average molecular weight is 410 g/mol. The van der Waals surface area contributed by atoms with E-state index in [1.54, 1.807) is 0 Å². The first kappa shape index (κ1) is 19.0. The average Bonchev–Trinajstić information content (AvgIpc) is 3.35. The van der Waals surface area contributed by atoms with Crippen molar-refractivity contribution in [2.75, 3.05) is 11.9 Å². The Bertz CT molecular complexity index is 1200. The molecule has 29 heavy (non-hydrogen) atoms. The van der Waals surface area contributed by atoms with Gasteiger partial charge >= 0.3 is 11.9 Å². The molecule has 0 radical (unpaired) electrons. The number of aromatic amines is 2. The summed E-state index contributed by atoms with van der Waals surface area (Å²) in [7, 11) is 0. The van der Waals surface area contributed by atoms with Crippen molar-refractivity contribution in [2.24, 2.45) is 4.99 Å². The second-order valence-corrected chi connectivity index (χ2v) is 6.73. The number of anilines is 1. The molecule has 1 saturated carbocycles. The summed E-state index contributed by atoms with van der Waals surface area (Å²) in [5, 5.41) is 17.2. The molecule has 3 heterocycles. The van der Waals surface area contributed by atoms with Gasteiger partial charge in [-0.15, -0.1) is 0 Å². The number of hydrogen-bond acceptors (Lipinski definition) is 7. The van der Waals surface area contributed by atoms with Gasteiger partial charge in [0.25, 0.3) is 5.62 Å². The van der Waals surface area contributed by atoms with Crippen molar-refractivity contribution >= 4 is 17.7 Å². The summed E-state index contributed by atoms with van der Waals surface area (Å²) in [5.74, 6) is -0.234. The summed E-state index contributed by atoms with van der Waals surface area (Å²) in [6.45, 7) is -1.41. The number of nitrogens with zero attached hydrogens (tertiary/aromatic N) is 5. The van der Waals surface area contributed by atoms with Gasteiger partial charge in [0.2, 0.25) is 11.8 Å². The van der Waals surface area contributed by atoms with Crippen molar-refractivity contribution in [3.05, 3.63) is 33.2 Å². The van der Waals surface area contributed by atoms with Crippen molar-refractivity contribution in [3.8, 4) is 5.88 Å². The fourth-order valence-electron chi connectivity index (χ4n) is 3.21. The lowest BCUT2D eigenvalue weighted by Gasteiger charge is -2.11. The minimum absolute atomic E-state index is 0.0857. The Morgan fingerprint density at radius 2 is 2.07 bits per heavy atom. The van der Waals surface area contributed by atoms with Crippen LogP contribution in [0.4, 0.5) is 19.1 Å². The summed E-state index contributed by atoms with van der Waals surface area (Å²) in [5.41, 5.74) is -0.589. The summed E-state index contributed by atoms with van der Waals surface area (Å²) in [6.07, 6.45) is 2.18. The van der Waals surface area contributed by atoms with Gasteiger partial charge in [0, 0.05) is 11.3 Å². The highest BCUT2D eigenvalue weighted by Crippen LogP contribution is 2.20. The van der Waals surface area contributed by atoms with E-state index in [1.807, 2.05) is 0 Å². The maximum Gasteiger partial charge on any atom is 0.408 e. The molecule has 0 saturated heterocycles. The highest BCUT2D eigenvalue weighted by atomic mass is 19.4. The quantitative estimate of drug-likeness (QED) is 0.486. The molecule has 3 aromatic heterocycles. The number of hydrogen-bond donors (Lipinski definition) is 4. The molecule has 154 valence electrons. The van der Waals surface area contributed by atoms with E-state index < -0.39 is 18.4 Å². The molecule has 4 rings (SSSR count). The van der Waals surface area contributed by atoms with Crippen molar-refractivity contribution in [1.29, 1.82) is 0 Å². The van der Waals surface area contributed by atoms with Crippen LogP contribution in [0.5, 0.6) is 5.88 Å². The number of imidazole rings is 1. The molecule has 1 aliphatic carbocycles. The summed E-state index contributed by atoms with van der Waals surface area (Å²) in [4.78, 5) is 27.9. The van der Waals surface area contributed by atoms with Crippen LogP contribution in [0.2, 0.25) is 0 Å². The van der Waals surface area contributed by atoms with Crippen LogP contribution < -0.4 is 21.8 Å². The van der Waals surface area contributed by atoms with Gasteiger partial charge in [0.1, 0.15) is 12.2 Å². The predicted octanol–water partition coefficient (Wildman–Crippen LogP) is 0.211. The molecule has 1 aliphatic rings. The van der Waals surface area contributed by atoms with Crippen LogP contribution in [0.15, 0.2) is 16.0 Å². The molecule has 10 nitrogen and oxygen atoms in total. The minimum Gasteiger partial charge on any atom is -0.493 e. The molecule has 13 heteroatoms. The molecular formula is C16H17F3N8O2. The standard InChI is InChI=1S/C16H17F3N8O2/c17-16(18,19)7-20-14-26-13(22-9-3-1-2-4-9)24-11-8(6-21-27(11)14)5-10-12(28)25-15(29)23-10/h5-6,9,28H,1-4,7H2,(H,20,22,26)(H2,23,25,29)/b8-5+. The summed E-state index contributed by atoms with van der Waals surface area (Å²) in [6, 6.07) is 0.133. The lowest BCUT2D eigenvalue weighted by Crippen LogP contribution is -2.28. The van der Waals surface area contributed by atoms with Crippen molar-refractivity contribution in [1.82, 2.24) is 29.5 Å². The molecular weight excluding hydrogens is 393 g/mol. The van der Waals surface area contributed by atoms with Gasteiger partial charge in [0.15, 0.2) is 5.65 Å². The molecule has 0 unspecified atom stereocenters. The topological polar surface area (TPSA) is 136 Å². The van der Waals surface area contributed by atoms with E-state index in [9.17, 15) is 23.1 Å². The van der Waals surface area contributed by atoms with E-state index in [0.29, 0.717) is 5.22 Å². The highest BCUT2D eigenvalue weighted by Gasteiger charge is 2.26. The van der Waals surface area contributed by atoms with Gasteiger partial charge in [-0.3, -0.25) is 4.98 Å². The van der Waals surface area contributed by atoms with E-state index >= 15 is 0 Å². The molecule has 4 N–H and O–H groups in total. The van der Waals surface area contributed by atoms with Crippen LogP contribution in [0, 0.1) is 0 Å². The lowest BCUT2D eigenvalue weighted by atomic mass is 10.2. The summed E-state index contributed by atoms with van der Waals surface area (Å²) < 4.78 is 39.0. The number of H-pyrrole nitrogens is 2. The van der Waals surface area contributed by atoms with Gasteiger partial charge in [-0.05, 0) is 18.9 Å². The number of fused-ring (bicyclic) bond motifs is 1. The maximum absolute atomic E-state index is 12.7. The monoisotopic (exact) mass is 410 g/mol. The third-order valence-electron chi connectivity index (χ3n) is 4.50. The van der Waals surface area contributed by atoms with Crippen LogP contribution in [0.3, 0.4) is 0 Å². The third-order valence-corrected chi connectivity index (χ3v) is 4.50. The molecule has 0 amide bonds. The first-order chi connectivity index (χ1) is 13.8. The highest BCUT2D eigenvalue weighted by molar-refractivity contribution is 5.57. The van der Waals surface area contributed by atoms with E-state index in [-0.39, 0.29) is 34.8 Å². The maximum atomic E-state index is 12.7. The van der Waals surface area contributed by atoms with Crippen LogP contribution in [-0.2, 0) is 0 Å². The van der Waals surface area contributed by atoms with E-state index in [1.165, 1.54) is 12.3 Å². The van der Waals surface area contributed by atoms with Crippen LogP contribution >= 0.6 is 0 Å². The fraction of sp³-hybridized carbons (Fsp3) is 0.438. The largest absolute Gasteiger partial charge is 0.493 e. The molecule has 0 aromatic carbocycles. The van der Waals surface area contributed by atoms with Crippen LogP contribution in [0.1, 0.15) is 31.4 Å². The number of aromatic hydroxyl groups is 1. The first-order valence-corrected chi connectivity index (χ1v) is 8.91. The van der Waals surface area contributed by atoms with Crippen molar-refractivity contribution in [3.63, 3.8) is 0 Å². The van der Waals surface area contributed by atoms with E-state index in [2.05, 4.69) is 35.3 Å². The lowest BCUT2D eigenvalue weighted by molar-refractivity contribution is -0.118. The Kier molecular flexibility index (Phi) is 4.72. The number of nitrogens with one attached hydrogen (secondary N) is 3. The van der Waals surface area contributed by atoms with Gasteiger partial charge in [-0.2, -0.15) is 32.8 Å². The normalized spacial score (nSPS) is 16.9. The number of rotatable bonds is 4. The van der Waals surface area contributed by atoms with Gasteiger partial charge < -0.3 is 15.4 Å². The SMILES string of the molecule is O=c1[nH]c(O)c(/C=c2\cnn3c(=NCC(F)(F)F)nc(NC4CCCC4)nc23)[nH]1. The van der Waals surface area contributed by atoms with Crippen molar-refractivity contribution < 1.29 is 18.3 Å². The molecule has 0 atom stereocenters. The Hall–Kier alpha value is -3.38. The fourth-order valence-corrected chi connectivity index (χ4v) is 3.21. The Morgan fingerprint density at radius 3 is 2.72 bits per heavy atom. The zero-order valence-electron chi connectivity index (χ0n) is 15.0. The van der Waals surface area contributed by atoms with Gasteiger partial charge in [-0.25, -0.2) is 9.79 Å². The molecule has 0 aliphatic heterocycles. The first-order valence-electron chi connectivity index (χ1n) is 8.91. The number of alkyl halides is 3. The zero-order chi connectivity index (χ0) is 20.6. The van der Waals surface area contributed by atoms with E-state index in [4.69, 9.17) is 0 Å². The molecule has 1 fully saturated rings. The molecule has 3 aromatic rings. The number of halogens is 3. The minimum atomic E-state index is -4.49. The van der Waals surface area contributed by atoms with Crippen LogP contribution in [0.25, 0.3) is 11.7 Å². The molecule has 0 spiro atoms. The Labute approximate surface area is 160 Å². The molecule has 0 bridgehead atoms. The zero-order valence-corrected chi connectivity index (χ0v) is 15.0. The van der Waals surface area contributed by atoms with Crippen molar-refractivity contribution in [2.45, 2.75) is 37.9 Å². The Balaban J connectivity index is 1.86. The van der Waals surface area contributed by atoms with E-state index in [0.717, 1.165) is 30.2 Å².